The van der Waals surface area contributed by atoms with E-state index in [-0.39, 0.29) is 11.0 Å². The second kappa shape index (κ2) is 9.37. The average molecular weight is 489 g/mol. The van der Waals surface area contributed by atoms with Gasteiger partial charge >= 0.3 is 0 Å². The van der Waals surface area contributed by atoms with Gasteiger partial charge in [0.15, 0.2) is 0 Å². The molecule has 6 nitrogen and oxygen atoms in total. The fourth-order valence-electron chi connectivity index (χ4n) is 4.54. The van der Waals surface area contributed by atoms with Gasteiger partial charge in [-0.2, -0.15) is 4.31 Å². The molecule has 1 spiro atoms. The first-order valence-electron chi connectivity index (χ1n) is 11.5. The lowest BCUT2D eigenvalue weighted by molar-refractivity contribution is 0.241. The van der Waals surface area contributed by atoms with Crippen LogP contribution in [-0.2, 0) is 22.0 Å². The molecule has 0 atom stereocenters. The first kappa shape index (κ1) is 24.2. The summed E-state index contributed by atoms with van der Waals surface area (Å²) in [7, 11) is -3.53. The maximum absolute atomic E-state index is 13.3. The molecule has 0 aromatic heterocycles. The first-order chi connectivity index (χ1) is 15.6. The van der Waals surface area contributed by atoms with Crippen molar-refractivity contribution in [3.05, 3.63) is 64.7 Å². The number of benzene rings is 2. The molecule has 1 fully saturated rings. The van der Waals surface area contributed by atoms with E-state index < -0.39 is 10.0 Å². The van der Waals surface area contributed by atoms with Gasteiger partial charge in [-0.05, 0) is 47.6 Å². The maximum atomic E-state index is 13.3. The summed E-state index contributed by atoms with van der Waals surface area (Å²) in [6.45, 7) is 9.34. The number of amidine groups is 1. The van der Waals surface area contributed by atoms with E-state index >= 15 is 0 Å². The van der Waals surface area contributed by atoms with E-state index in [1.165, 1.54) is 0 Å². The molecule has 1 saturated heterocycles. The molecule has 0 amide bonds. The predicted octanol–water partition coefficient (Wildman–Crippen LogP) is 3.95. The molecule has 4 rings (SSSR count). The van der Waals surface area contributed by atoms with Crippen LogP contribution in [-0.4, -0.2) is 50.3 Å². The van der Waals surface area contributed by atoms with Crippen LogP contribution in [0.3, 0.4) is 0 Å². The van der Waals surface area contributed by atoms with E-state index in [1.54, 1.807) is 16.4 Å². The van der Waals surface area contributed by atoms with Crippen molar-refractivity contribution in [1.29, 1.82) is 0 Å². The third kappa shape index (κ3) is 5.11. The van der Waals surface area contributed by atoms with Crippen molar-refractivity contribution in [2.75, 3.05) is 26.2 Å². The van der Waals surface area contributed by atoms with Crippen molar-refractivity contribution in [3.63, 3.8) is 0 Å². The van der Waals surface area contributed by atoms with Gasteiger partial charge in [0, 0.05) is 31.2 Å². The summed E-state index contributed by atoms with van der Waals surface area (Å²) in [5, 5.41) is 7.83. The summed E-state index contributed by atoms with van der Waals surface area (Å²) in [6.07, 6.45) is 1.33. The van der Waals surface area contributed by atoms with E-state index in [9.17, 15) is 8.42 Å². The molecule has 0 unspecified atom stereocenters. The molecule has 2 aromatic carbocycles. The number of nitrogens with one attached hydrogen (secondary N) is 2. The molecule has 178 valence electrons. The number of sulfonamides is 1. The Bertz CT molecular complexity index is 1120. The van der Waals surface area contributed by atoms with E-state index in [1.807, 2.05) is 36.4 Å². The van der Waals surface area contributed by atoms with Gasteiger partial charge in [0.25, 0.3) is 0 Å². The van der Waals surface area contributed by atoms with E-state index in [0.29, 0.717) is 43.9 Å². The van der Waals surface area contributed by atoms with Crippen molar-refractivity contribution in [2.24, 2.45) is 4.99 Å². The second-order valence-corrected chi connectivity index (χ2v) is 12.2. The van der Waals surface area contributed by atoms with Gasteiger partial charge in [0.1, 0.15) is 5.84 Å². The minimum atomic E-state index is -3.53. The van der Waals surface area contributed by atoms with Gasteiger partial charge in [-0.25, -0.2) is 8.42 Å². The highest BCUT2D eigenvalue weighted by molar-refractivity contribution is 7.89. The van der Waals surface area contributed by atoms with Gasteiger partial charge in [-0.3, -0.25) is 4.99 Å². The Morgan fingerprint density at radius 1 is 1.09 bits per heavy atom. The Labute approximate surface area is 202 Å². The number of nitrogens with zero attached hydrogens (tertiary/aromatic N) is 2. The average Bonchev–Trinajstić information content (AvgIpc) is 2.79. The van der Waals surface area contributed by atoms with Gasteiger partial charge in [-0.15, -0.1) is 0 Å². The molecule has 2 aliphatic heterocycles. The van der Waals surface area contributed by atoms with Crippen LogP contribution in [0.4, 0.5) is 0 Å². The Morgan fingerprint density at radius 2 is 1.76 bits per heavy atom. The van der Waals surface area contributed by atoms with Gasteiger partial charge in [0.05, 0.1) is 17.0 Å². The highest BCUT2D eigenvalue weighted by Crippen LogP contribution is 2.30. The monoisotopic (exact) mass is 488 g/mol. The third-order valence-corrected chi connectivity index (χ3v) is 8.92. The SMILES string of the molecule is CC(C)(C)c1ccc(S(=O)(=O)N2CCC3(CC2)NCCN=C3NCc2ccccc2Cl)cc1. The highest BCUT2D eigenvalue weighted by Gasteiger charge is 2.43. The summed E-state index contributed by atoms with van der Waals surface area (Å²) in [4.78, 5) is 5.12. The number of rotatable bonds is 4. The topological polar surface area (TPSA) is 73.8 Å². The third-order valence-electron chi connectivity index (χ3n) is 6.64. The standard InChI is InChI=1S/C25H33ClN4O2S/c1-24(2,3)20-8-10-21(11-9-20)33(31,32)30-16-12-25(13-17-30)23(27-14-15-29-25)28-18-19-6-4-5-7-22(19)26/h4-11,29H,12-18H2,1-3H3,(H,27,28). The van der Waals surface area contributed by atoms with Crippen molar-refractivity contribution >= 4 is 27.5 Å². The minimum Gasteiger partial charge on any atom is -0.368 e. The number of hydrogen-bond acceptors (Lipinski definition) is 5. The lowest BCUT2D eigenvalue weighted by Gasteiger charge is -2.44. The van der Waals surface area contributed by atoms with Gasteiger partial charge < -0.3 is 10.6 Å². The Kier molecular flexibility index (Phi) is 6.87. The molecule has 0 saturated carbocycles. The molecule has 2 aromatic rings. The summed E-state index contributed by atoms with van der Waals surface area (Å²) < 4.78 is 28.2. The van der Waals surface area contributed by atoms with Crippen LogP contribution in [0.1, 0.15) is 44.7 Å². The molecule has 0 aliphatic carbocycles. The van der Waals surface area contributed by atoms with Crippen molar-refractivity contribution in [2.45, 2.75) is 56.0 Å². The lowest BCUT2D eigenvalue weighted by atomic mass is 9.85. The smallest absolute Gasteiger partial charge is 0.243 e. The zero-order chi connectivity index (χ0) is 23.7. The van der Waals surface area contributed by atoms with Crippen molar-refractivity contribution in [3.8, 4) is 0 Å². The summed E-state index contributed by atoms with van der Waals surface area (Å²) >= 11 is 6.31. The summed E-state index contributed by atoms with van der Waals surface area (Å²) in [5.41, 5.74) is 1.79. The van der Waals surface area contributed by atoms with Crippen LogP contribution < -0.4 is 10.6 Å². The zero-order valence-corrected chi connectivity index (χ0v) is 21.1. The van der Waals surface area contributed by atoms with Crippen LogP contribution in [0.15, 0.2) is 58.4 Å². The first-order valence-corrected chi connectivity index (χ1v) is 13.3. The maximum Gasteiger partial charge on any atom is 0.243 e. The quantitative estimate of drug-likeness (QED) is 0.683. The summed E-state index contributed by atoms with van der Waals surface area (Å²) in [6, 6.07) is 15.1. The van der Waals surface area contributed by atoms with E-state index in [4.69, 9.17) is 16.6 Å². The molecule has 33 heavy (non-hydrogen) atoms. The van der Waals surface area contributed by atoms with Gasteiger partial charge in [0.2, 0.25) is 10.0 Å². The molecular weight excluding hydrogens is 456 g/mol. The molecule has 2 aliphatic rings. The lowest BCUT2D eigenvalue weighted by Crippen LogP contribution is -2.64. The van der Waals surface area contributed by atoms with E-state index in [0.717, 1.165) is 28.5 Å². The van der Waals surface area contributed by atoms with Crippen LogP contribution >= 0.6 is 11.6 Å². The van der Waals surface area contributed by atoms with Crippen LogP contribution in [0, 0.1) is 0 Å². The van der Waals surface area contributed by atoms with Crippen molar-refractivity contribution in [1.82, 2.24) is 14.9 Å². The number of piperidine rings is 1. The van der Waals surface area contributed by atoms with Gasteiger partial charge in [-0.1, -0.05) is 62.7 Å². The number of halogens is 1. The number of hydrogen-bond donors (Lipinski definition) is 2. The largest absolute Gasteiger partial charge is 0.368 e. The molecule has 2 heterocycles. The van der Waals surface area contributed by atoms with Crippen LogP contribution in [0.25, 0.3) is 0 Å². The Hall–Kier alpha value is -1.93. The Balaban J connectivity index is 1.45. The fraction of sp³-hybridized carbons (Fsp3) is 0.480. The molecule has 0 radical (unpaired) electrons. The van der Waals surface area contributed by atoms with Crippen LogP contribution in [0.2, 0.25) is 5.02 Å². The minimum absolute atomic E-state index is 0.0147. The fourth-order valence-corrected chi connectivity index (χ4v) is 6.19. The van der Waals surface area contributed by atoms with Crippen molar-refractivity contribution < 1.29 is 8.42 Å². The Morgan fingerprint density at radius 3 is 2.39 bits per heavy atom. The van der Waals surface area contributed by atoms with Crippen LogP contribution in [0.5, 0.6) is 0 Å². The predicted molar refractivity (Wildman–Crippen MR) is 134 cm³/mol. The molecule has 8 heteroatoms. The normalized spacial score (nSPS) is 19.3. The molecule has 0 bridgehead atoms. The molecule has 2 N–H and O–H groups in total. The highest BCUT2D eigenvalue weighted by atomic mass is 35.5. The number of aliphatic imine (C=N–C) groups is 1. The van der Waals surface area contributed by atoms with E-state index in [2.05, 4.69) is 31.4 Å². The summed E-state index contributed by atoms with van der Waals surface area (Å²) in [5.74, 6) is 0.903. The second-order valence-electron chi connectivity index (χ2n) is 9.86. The zero-order valence-electron chi connectivity index (χ0n) is 19.6. The molecular formula is C25H33ClN4O2S.